The molecule has 1 aliphatic carbocycles. The molecule has 2 amide bonds. The summed E-state index contributed by atoms with van der Waals surface area (Å²) in [4.78, 5) is 22.6. The number of nitrogens with one attached hydrogen (secondary N) is 2. The topological polar surface area (TPSA) is 58.2 Å². The Kier molecular flexibility index (Phi) is 4.59. The van der Waals surface area contributed by atoms with Crippen LogP contribution in [0.4, 0.5) is 4.79 Å². The zero-order valence-corrected chi connectivity index (χ0v) is 9.51. The zero-order valence-electron chi connectivity index (χ0n) is 9.51. The second-order valence-electron chi connectivity index (χ2n) is 4.43. The first-order valence-electron chi connectivity index (χ1n) is 5.66. The molecule has 2 N–H and O–H groups in total. The molecule has 1 aliphatic rings. The minimum absolute atomic E-state index is 0.0169. The average Bonchev–Trinajstić information content (AvgIpc) is 2.66. The van der Waals surface area contributed by atoms with Gasteiger partial charge in [0.1, 0.15) is 0 Å². The lowest BCUT2D eigenvalue weighted by Gasteiger charge is -2.13. The molecular formula is C11H20N2O2. The molecule has 86 valence electrons. The molecule has 4 heteroatoms. The molecule has 0 saturated heterocycles. The fourth-order valence-electron chi connectivity index (χ4n) is 1.68. The summed E-state index contributed by atoms with van der Waals surface area (Å²) in [6.07, 6.45) is 4.50. The molecule has 1 fully saturated rings. The van der Waals surface area contributed by atoms with Gasteiger partial charge in [-0.2, -0.15) is 0 Å². The van der Waals surface area contributed by atoms with Crippen LogP contribution >= 0.6 is 0 Å². The normalized spacial score (nSPS) is 16.7. The van der Waals surface area contributed by atoms with Gasteiger partial charge in [0.2, 0.25) is 0 Å². The summed E-state index contributed by atoms with van der Waals surface area (Å²) < 4.78 is 0. The van der Waals surface area contributed by atoms with Crippen LogP contribution in [0.3, 0.4) is 0 Å². The minimum Gasteiger partial charge on any atom is -0.335 e. The molecule has 0 unspecified atom stereocenters. The molecule has 4 nitrogen and oxygen atoms in total. The second kappa shape index (κ2) is 5.73. The van der Waals surface area contributed by atoms with E-state index in [9.17, 15) is 9.59 Å². The van der Waals surface area contributed by atoms with Crippen molar-refractivity contribution in [1.82, 2.24) is 10.6 Å². The number of carbonyl (C=O) groups is 2. The smallest absolute Gasteiger partial charge is 0.315 e. The van der Waals surface area contributed by atoms with Crippen molar-refractivity contribution in [2.75, 3.05) is 6.54 Å². The maximum atomic E-state index is 11.4. The number of amides is 2. The van der Waals surface area contributed by atoms with Gasteiger partial charge in [-0.15, -0.1) is 0 Å². The van der Waals surface area contributed by atoms with E-state index in [-0.39, 0.29) is 24.3 Å². The highest BCUT2D eigenvalue weighted by molar-refractivity contribution is 5.86. The molecule has 0 radical (unpaired) electrons. The van der Waals surface area contributed by atoms with Gasteiger partial charge >= 0.3 is 6.03 Å². The maximum absolute atomic E-state index is 11.4. The molecule has 0 aromatic carbocycles. The van der Waals surface area contributed by atoms with Crippen LogP contribution in [0.5, 0.6) is 0 Å². The first-order valence-corrected chi connectivity index (χ1v) is 5.66. The fourth-order valence-corrected chi connectivity index (χ4v) is 1.68. The maximum Gasteiger partial charge on any atom is 0.315 e. The van der Waals surface area contributed by atoms with Crippen molar-refractivity contribution in [3.05, 3.63) is 0 Å². The highest BCUT2D eigenvalue weighted by Crippen LogP contribution is 2.17. The van der Waals surface area contributed by atoms with E-state index in [1.54, 1.807) is 0 Å². The molecule has 0 spiro atoms. The predicted octanol–water partition coefficient (Wildman–Crippen LogP) is 1.45. The Labute approximate surface area is 90.8 Å². The molecule has 0 atom stereocenters. The van der Waals surface area contributed by atoms with Gasteiger partial charge in [-0.1, -0.05) is 26.7 Å². The van der Waals surface area contributed by atoms with Crippen LogP contribution < -0.4 is 10.6 Å². The van der Waals surface area contributed by atoms with Crippen molar-refractivity contribution in [2.45, 2.75) is 45.6 Å². The van der Waals surface area contributed by atoms with Crippen molar-refractivity contribution < 1.29 is 9.59 Å². The van der Waals surface area contributed by atoms with E-state index >= 15 is 0 Å². The van der Waals surface area contributed by atoms with Crippen molar-refractivity contribution >= 4 is 11.8 Å². The van der Waals surface area contributed by atoms with E-state index in [0.29, 0.717) is 6.04 Å². The lowest BCUT2D eigenvalue weighted by molar-refractivity contribution is -0.120. The van der Waals surface area contributed by atoms with Crippen molar-refractivity contribution in [2.24, 2.45) is 5.92 Å². The van der Waals surface area contributed by atoms with Crippen molar-refractivity contribution in [3.63, 3.8) is 0 Å². The fraction of sp³-hybridized carbons (Fsp3) is 0.818. The van der Waals surface area contributed by atoms with E-state index < -0.39 is 0 Å². The molecule has 15 heavy (non-hydrogen) atoms. The summed E-state index contributed by atoms with van der Waals surface area (Å²) in [5.74, 6) is 0.0494. The molecule has 0 aromatic heterocycles. The van der Waals surface area contributed by atoms with Crippen LogP contribution in [0.15, 0.2) is 0 Å². The number of ketones is 1. The number of rotatable bonds is 4. The Morgan fingerprint density at radius 3 is 2.40 bits per heavy atom. The minimum atomic E-state index is -0.212. The van der Waals surface area contributed by atoms with Gasteiger partial charge in [0.15, 0.2) is 5.78 Å². The van der Waals surface area contributed by atoms with Crippen LogP contribution in [-0.2, 0) is 4.79 Å². The van der Waals surface area contributed by atoms with Crippen LogP contribution in [-0.4, -0.2) is 24.4 Å². The third-order valence-corrected chi connectivity index (χ3v) is 2.76. The summed E-state index contributed by atoms with van der Waals surface area (Å²) in [6, 6.07) is 0.0926. The number of Topliss-reactive ketones (excluding diaryl/α,β-unsaturated/α-hetero) is 1. The summed E-state index contributed by atoms with van der Waals surface area (Å²) in [6.45, 7) is 3.80. The van der Waals surface area contributed by atoms with Gasteiger partial charge in [-0.25, -0.2) is 4.79 Å². The third-order valence-electron chi connectivity index (χ3n) is 2.76. The second-order valence-corrected chi connectivity index (χ2v) is 4.43. The van der Waals surface area contributed by atoms with Crippen LogP contribution in [0.25, 0.3) is 0 Å². The number of hydrogen-bond donors (Lipinski definition) is 2. The largest absolute Gasteiger partial charge is 0.335 e. The Morgan fingerprint density at radius 2 is 1.87 bits per heavy atom. The Hall–Kier alpha value is -1.06. The third kappa shape index (κ3) is 4.32. The summed E-state index contributed by atoms with van der Waals surface area (Å²) >= 11 is 0. The van der Waals surface area contributed by atoms with E-state index in [1.807, 2.05) is 13.8 Å². The summed E-state index contributed by atoms with van der Waals surface area (Å²) in [5, 5.41) is 5.46. The van der Waals surface area contributed by atoms with Gasteiger partial charge in [-0.05, 0) is 12.8 Å². The predicted molar refractivity (Wildman–Crippen MR) is 58.6 cm³/mol. The van der Waals surface area contributed by atoms with Gasteiger partial charge in [0.05, 0.1) is 6.54 Å². The Balaban J connectivity index is 2.15. The monoisotopic (exact) mass is 212 g/mol. The Morgan fingerprint density at radius 1 is 1.27 bits per heavy atom. The highest BCUT2D eigenvalue weighted by Gasteiger charge is 2.17. The van der Waals surface area contributed by atoms with E-state index in [0.717, 1.165) is 12.8 Å². The van der Waals surface area contributed by atoms with Crippen molar-refractivity contribution in [1.29, 1.82) is 0 Å². The Bertz CT molecular complexity index is 233. The average molecular weight is 212 g/mol. The molecule has 1 rings (SSSR count). The SMILES string of the molecule is CC(C)C(=O)CNC(=O)NC1CCCC1. The van der Waals surface area contributed by atoms with E-state index in [4.69, 9.17) is 0 Å². The summed E-state index contributed by atoms with van der Waals surface area (Å²) in [5.41, 5.74) is 0. The molecule has 0 aliphatic heterocycles. The standard InChI is InChI=1S/C11H20N2O2/c1-8(2)10(14)7-12-11(15)13-9-5-3-4-6-9/h8-9H,3-7H2,1-2H3,(H2,12,13,15). The lowest BCUT2D eigenvalue weighted by atomic mass is 10.1. The first kappa shape index (κ1) is 12.0. The number of hydrogen-bond acceptors (Lipinski definition) is 2. The van der Waals surface area contributed by atoms with Gasteiger partial charge < -0.3 is 10.6 Å². The molecule has 0 heterocycles. The van der Waals surface area contributed by atoms with Crippen LogP contribution in [0.1, 0.15) is 39.5 Å². The first-order chi connectivity index (χ1) is 7.09. The zero-order chi connectivity index (χ0) is 11.3. The van der Waals surface area contributed by atoms with Gasteiger partial charge in [0.25, 0.3) is 0 Å². The molecular weight excluding hydrogens is 192 g/mol. The van der Waals surface area contributed by atoms with E-state index in [1.165, 1.54) is 12.8 Å². The quantitative estimate of drug-likeness (QED) is 0.741. The van der Waals surface area contributed by atoms with Crippen molar-refractivity contribution in [3.8, 4) is 0 Å². The number of urea groups is 1. The number of carbonyl (C=O) groups excluding carboxylic acids is 2. The van der Waals surface area contributed by atoms with Crippen LogP contribution in [0, 0.1) is 5.92 Å². The molecule has 0 aromatic rings. The van der Waals surface area contributed by atoms with Crippen LogP contribution in [0.2, 0.25) is 0 Å². The highest BCUT2D eigenvalue weighted by atomic mass is 16.2. The molecule has 0 bridgehead atoms. The van der Waals surface area contributed by atoms with E-state index in [2.05, 4.69) is 10.6 Å². The van der Waals surface area contributed by atoms with Gasteiger partial charge in [0, 0.05) is 12.0 Å². The van der Waals surface area contributed by atoms with Gasteiger partial charge in [-0.3, -0.25) is 4.79 Å². The summed E-state index contributed by atoms with van der Waals surface area (Å²) in [7, 11) is 0. The molecule has 1 saturated carbocycles. The lowest BCUT2D eigenvalue weighted by Crippen LogP contribution is -2.43.